The molecule has 8 heteroatoms. The zero-order valence-electron chi connectivity index (χ0n) is 16.0. The van der Waals surface area contributed by atoms with Gasteiger partial charge in [-0.2, -0.15) is 0 Å². The first-order valence-electron chi connectivity index (χ1n) is 9.29. The highest BCUT2D eigenvalue weighted by Crippen LogP contribution is 2.44. The number of phenols is 1. The Morgan fingerprint density at radius 3 is 2.16 bits per heavy atom. The maximum atomic E-state index is 13.0. The fraction of sp³-hybridized carbons (Fsp3) is 0.0435. The van der Waals surface area contributed by atoms with Gasteiger partial charge in [0.05, 0.1) is 16.1 Å². The third kappa shape index (κ3) is 3.40. The van der Waals surface area contributed by atoms with Crippen LogP contribution in [0.25, 0.3) is 5.76 Å². The molecule has 0 aromatic heterocycles. The average molecular weight is 416 g/mol. The van der Waals surface area contributed by atoms with Gasteiger partial charge in [-0.1, -0.05) is 42.5 Å². The van der Waals surface area contributed by atoms with Gasteiger partial charge < -0.3 is 10.2 Å². The van der Waals surface area contributed by atoms with Crippen LogP contribution in [-0.4, -0.2) is 26.8 Å². The average Bonchev–Trinajstić information content (AvgIpc) is 3.05. The molecule has 1 heterocycles. The zero-order chi connectivity index (χ0) is 22.1. The number of benzene rings is 3. The summed E-state index contributed by atoms with van der Waals surface area (Å²) < 4.78 is 0. The van der Waals surface area contributed by atoms with E-state index in [0.717, 1.165) is 4.90 Å². The van der Waals surface area contributed by atoms with Gasteiger partial charge in [0.1, 0.15) is 17.6 Å². The van der Waals surface area contributed by atoms with Crippen molar-refractivity contribution < 1.29 is 24.7 Å². The minimum Gasteiger partial charge on any atom is -0.508 e. The topological polar surface area (TPSA) is 121 Å². The van der Waals surface area contributed by atoms with Gasteiger partial charge in [-0.25, -0.2) is 0 Å². The monoisotopic (exact) mass is 416 g/mol. The highest BCUT2D eigenvalue weighted by atomic mass is 16.6. The molecule has 0 radical (unpaired) electrons. The number of aromatic hydroxyl groups is 1. The number of carbonyl (C=O) groups is 2. The van der Waals surface area contributed by atoms with Crippen molar-refractivity contribution >= 4 is 28.8 Å². The highest BCUT2D eigenvalue weighted by Gasteiger charge is 2.48. The molecule has 31 heavy (non-hydrogen) atoms. The number of nitro benzene ring substituents is 1. The van der Waals surface area contributed by atoms with Crippen LogP contribution >= 0.6 is 0 Å². The van der Waals surface area contributed by atoms with E-state index in [4.69, 9.17) is 0 Å². The van der Waals surface area contributed by atoms with Crippen LogP contribution in [0.2, 0.25) is 0 Å². The summed E-state index contributed by atoms with van der Waals surface area (Å²) >= 11 is 0. The molecule has 0 spiro atoms. The lowest BCUT2D eigenvalue weighted by Gasteiger charge is -2.25. The summed E-state index contributed by atoms with van der Waals surface area (Å²) in [5.74, 6) is -2.38. The van der Waals surface area contributed by atoms with Gasteiger partial charge in [0.15, 0.2) is 0 Å². The van der Waals surface area contributed by atoms with Gasteiger partial charge in [0.2, 0.25) is 0 Å². The number of anilines is 1. The number of amides is 1. The lowest BCUT2D eigenvalue weighted by atomic mass is 9.94. The van der Waals surface area contributed by atoms with Gasteiger partial charge in [0.25, 0.3) is 17.4 Å². The Bertz CT molecular complexity index is 1220. The van der Waals surface area contributed by atoms with Gasteiger partial charge in [0, 0.05) is 17.3 Å². The maximum Gasteiger partial charge on any atom is 0.300 e. The molecule has 1 aliphatic heterocycles. The number of nitrogens with zero attached hydrogens (tertiary/aromatic N) is 2. The Hall–Kier alpha value is -4.46. The van der Waals surface area contributed by atoms with Crippen molar-refractivity contribution in [2.45, 2.75) is 6.04 Å². The van der Waals surface area contributed by atoms with E-state index in [1.54, 1.807) is 36.4 Å². The zero-order valence-corrected chi connectivity index (χ0v) is 16.0. The van der Waals surface area contributed by atoms with Crippen molar-refractivity contribution in [2.24, 2.45) is 0 Å². The van der Waals surface area contributed by atoms with Crippen molar-refractivity contribution in [3.63, 3.8) is 0 Å². The second-order valence-corrected chi connectivity index (χ2v) is 6.87. The number of carbonyl (C=O) groups excluding carboxylic acids is 2. The van der Waals surface area contributed by atoms with Crippen molar-refractivity contribution in [2.75, 3.05) is 4.90 Å². The predicted molar refractivity (Wildman–Crippen MR) is 112 cm³/mol. The quantitative estimate of drug-likeness (QED) is 0.219. The van der Waals surface area contributed by atoms with E-state index >= 15 is 0 Å². The molecule has 1 aliphatic rings. The summed E-state index contributed by atoms with van der Waals surface area (Å²) in [7, 11) is 0. The number of para-hydroxylation sites is 1. The molecular formula is C23H16N2O6. The fourth-order valence-electron chi connectivity index (χ4n) is 3.64. The molecule has 4 rings (SSSR count). The van der Waals surface area contributed by atoms with E-state index in [2.05, 4.69) is 0 Å². The normalized spacial score (nSPS) is 17.7. The van der Waals surface area contributed by atoms with Crippen LogP contribution in [0.1, 0.15) is 17.2 Å². The molecule has 8 nitrogen and oxygen atoms in total. The molecule has 1 fully saturated rings. The molecule has 1 saturated heterocycles. The van der Waals surface area contributed by atoms with Crippen LogP contribution in [0, 0.1) is 10.1 Å². The Labute approximate surface area is 176 Å². The number of rotatable bonds is 4. The Morgan fingerprint density at radius 2 is 1.52 bits per heavy atom. The number of aliphatic hydroxyl groups excluding tert-OH is 1. The number of phenolic OH excluding ortho intramolecular Hbond substituents is 1. The standard InChI is InChI=1S/C23H16N2O6/c26-16-12-10-15(11-13-16)24-20(17-8-4-5-9-18(17)25(30)31)19(22(28)23(24)29)21(27)14-6-2-1-3-7-14/h1-13,20,26-27H/t20-/m0/s1. The molecule has 0 aliphatic carbocycles. The summed E-state index contributed by atoms with van der Waals surface area (Å²) in [4.78, 5) is 38.2. The van der Waals surface area contributed by atoms with Gasteiger partial charge in [-0.3, -0.25) is 24.6 Å². The third-order valence-electron chi connectivity index (χ3n) is 5.05. The Kier molecular flexibility index (Phi) is 4.96. The second-order valence-electron chi connectivity index (χ2n) is 6.87. The van der Waals surface area contributed by atoms with Crippen molar-refractivity contribution in [3.8, 4) is 5.75 Å². The van der Waals surface area contributed by atoms with E-state index in [0.29, 0.717) is 5.56 Å². The van der Waals surface area contributed by atoms with Gasteiger partial charge in [-0.15, -0.1) is 0 Å². The predicted octanol–water partition coefficient (Wildman–Crippen LogP) is 3.93. The number of ketones is 1. The summed E-state index contributed by atoms with van der Waals surface area (Å²) in [6.45, 7) is 0. The third-order valence-corrected chi connectivity index (χ3v) is 5.05. The van der Waals surface area contributed by atoms with Crippen LogP contribution in [-0.2, 0) is 9.59 Å². The summed E-state index contributed by atoms with van der Waals surface area (Å²) in [5.41, 5.74) is 0.0814. The lowest BCUT2D eigenvalue weighted by Crippen LogP contribution is -2.29. The highest BCUT2D eigenvalue weighted by molar-refractivity contribution is 6.51. The molecule has 1 atom stereocenters. The number of nitro groups is 1. The van der Waals surface area contributed by atoms with Crippen LogP contribution < -0.4 is 4.90 Å². The Morgan fingerprint density at radius 1 is 0.903 bits per heavy atom. The smallest absolute Gasteiger partial charge is 0.300 e. The minimum absolute atomic E-state index is 0.0492. The molecule has 1 amide bonds. The van der Waals surface area contributed by atoms with E-state index in [1.807, 2.05) is 0 Å². The first kappa shape index (κ1) is 19.8. The first-order valence-corrected chi connectivity index (χ1v) is 9.29. The fourth-order valence-corrected chi connectivity index (χ4v) is 3.64. The number of aliphatic hydroxyl groups is 1. The first-order chi connectivity index (χ1) is 14.9. The number of Topliss-reactive ketones (excluding diaryl/α,β-unsaturated/α-hetero) is 1. The molecule has 3 aromatic carbocycles. The SMILES string of the molecule is O=C1C(=O)N(c2ccc(O)cc2)[C@@H](c2ccccc2[N+](=O)[O-])C1=C(O)c1ccccc1. The molecule has 0 bridgehead atoms. The van der Waals surface area contributed by atoms with Crippen LogP contribution in [0.3, 0.4) is 0 Å². The van der Waals surface area contributed by atoms with E-state index in [9.17, 15) is 29.9 Å². The van der Waals surface area contributed by atoms with Crippen molar-refractivity contribution in [3.05, 3.63) is 106 Å². The maximum absolute atomic E-state index is 13.0. The second kappa shape index (κ2) is 7.75. The van der Waals surface area contributed by atoms with E-state index in [1.165, 1.54) is 42.5 Å². The van der Waals surface area contributed by atoms with Crippen LogP contribution in [0.15, 0.2) is 84.4 Å². The van der Waals surface area contributed by atoms with E-state index in [-0.39, 0.29) is 28.3 Å². The minimum atomic E-state index is -1.23. The molecule has 0 unspecified atom stereocenters. The van der Waals surface area contributed by atoms with Crippen molar-refractivity contribution in [1.29, 1.82) is 0 Å². The largest absolute Gasteiger partial charge is 0.508 e. The molecule has 2 N–H and O–H groups in total. The molecule has 0 saturated carbocycles. The van der Waals surface area contributed by atoms with Crippen LogP contribution in [0.4, 0.5) is 11.4 Å². The van der Waals surface area contributed by atoms with Gasteiger partial charge in [-0.05, 0) is 30.3 Å². The molecule has 3 aromatic rings. The Balaban J connectivity index is 2.01. The van der Waals surface area contributed by atoms with Crippen LogP contribution in [0.5, 0.6) is 5.75 Å². The summed E-state index contributed by atoms with van der Waals surface area (Å²) in [5, 5.41) is 32.2. The number of hydrogen-bond donors (Lipinski definition) is 2. The van der Waals surface area contributed by atoms with Gasteiger partial charge >= 0.3 is 0 Å². The summed E-state index contributed by atoms with van der Waals surface area (Å²) in [6.07, 6.45) is 0. The molecule has 154 valence electrons. The lowest BCUT2D eigenvalue weighted by molar-refractivity contribution is -0.385. The van der Waals surface area contributed by atoms with Crippen molar-refractivity contribution in [1.82, 2.24) is 0 Å². The van der Waals surface area contributed by atoms with E-state index < -0.39 is 28.4 Å². The summed E-state index contributed by atoms with van der Waals surface area (Å²) in [6, 6.07) is 18.2. The number of hydrogen-bond acceptors (Lipinski definition) is 6. The molecular weight excluding hydrogens is 400 g/mol.